The number of anilines is 1. The number of aromatic nitrogens is 2. The molecule has 0 radical (unpaired) electrons. The Morgan fingerprint density at radius 2 is 2.07 bits per heavy atom. The van der Waals surface area contributed by atoms with Crippen LogP contribution in [0.4, 0.5) is 5.82 Å². The fourth-order valence-corrected chi connectivity index (χ4v) is 1.89. The van der Waals surface area contributed by atoms with Gasteiger partial charge in [-0.15, -0.1) is 0 Å². The fourth-order valence-electron chi connectivity index (χ4n) is 1.59. The highest BCUT2D eigenvalue weighted by molar-refractivity contribution is 6.32. The first-order chi connectivity index (χ1) is 7.09. The van der Waals surface area contributed by atoms with Gasteiger partial charge in [0, 0.05) is 6.07 Å². The number of nitrogens with zero attached hydrogens (tertiary/aromatic N) is 2. The van der Waals surface area contributed by atoms with Gasteiger partial charge >= 0.3 is 0 Å². The molecule has 0 atom stereocenters. The van der Waals surface area contributed by atoms with Crippen LogP contribution >= 0.6 is 11.6 Å². The van der Waals surface area contributed by atoms with Gasteiger partial charge < -0.3 is 5.73 Å². The number of hydrogen-bond donors (Lipinski definition) is 1. The van der Waals surface area contributed by atoms with E-state index in [1.165, 1.54) is 0 Å². The molecule has 0 aliphatic carbocycles. The molecule has 1 aromatic carbocycles. The maximum Gasteiger partial charge on any atom is 0.127 e. The molecular formula is C11H12ClN3. The van der Waals surface area contributed by atoms with Gasteiger partial charge in [-0.1, -0.05) is 23.7 Å². The minimum atomic E-state index is 0.601. The van der Waals surface area contributed by atoms with Crippen molar-refractivity contribution in [1.29, 1.82) is 0 Å². The van der Waals surface area contributed by atoms with Crippen molar-refractivity contribution in [3.63, 3.8) is 0 Å². The standard InChI is InChI=1S/C11H12ClN3/c1-7-4-3-5-9(12)11(7)15-10(13)6-8(2)14-15/h3-6H,13H2,1-2H3. The number of aryl methyl sites for hydroxylation is 2. The number of nitrogen functional groups attached to an aromatic ring is 1. The zero-order valence-electron chi connectivity index (χ0n) is 8.66. The average Bonchev–Trinajstić information content (AvgIpc) is 2.45. The number of halogens is 1. The molecular weight excluding hydrogens is 210 g/mol. The minimum Gasteiger partial charge on any atom is -0.384 e. The van der Waals surface area contributed by atoms with Crippen molar-refractivity contribution in [2.24, 2.45) is 0 Å². The van der Waals surface area contributed by atoms with E-state index < -0.39 is 0 Å². The van der Waals surface area contributed by atoms with Crippen molar-refractivity contribution in [3.8, 4) is 5.69 Å². The van der Waals surface area contributed by atoms with E-state index in [9.17, 15) is 0 Å². The number of para-hydroxylation sites is 1. The van der Waals surface area contributed by atoms with Crippen molar-refractivity contribution < 1.29 is 0 Å². The molecule has 1 heterocycles. The van der Waals surface area contributed by atoms with Gasteiger partial charge in [-0.2, -0.15) is 5.10 Å². The molecule has 0 saturated heterocycles. The predicted molar refractivity (Wildman–Crippen MR) is 62.5 cm³/mol. The molecule has 2 N–H and O–H groups in total. The normalized spacial score (nSPS) is 10.6. The molecule has 0 aliphatic rings. The third kappa shape index (κ3) is 1.70. The average molecular weight is 222 g/mol. The van der Waals surface area contributed by atoms with Crippen LogP contribution in [-0.2, 0) is 0 Å². The molecule has 1 aromatic heterocycles. The molecule has 15 heavy (non-hydrogen) atoms. The second-order valence-corrected chi connectivity index (χ2v) is 3.93. The number of rotatable bonds is 1. The van der Waals surface area contributed by atoms with Gasteiger partial charge in [0.15, 0.2) is 0 Å². The smallest absolute Gasteiger partial charge is 0.127 e. The lowest BCUT2D eigenvalue weighted by molar-refractivity contribution is 0.865. The largest absolute Gasteiger partial charge is 0.384 e. The zero-order valence-corrected chi connectivity index (χ0v) is 9.42. The van der Waals surface area contributed by atoms with Crippen molar-refractivity contribution in [3.05, 3.63) is 40.5 Å². The highest BCUT2D eigenvalue weighted by Gasteiger charge is 2.10. The molecule has 0 spiro atoms. The van der Waals surface area contributed by atoms with E-state index in [1.807, 2.05) is 38.1 Å². The van der Waals surface area contributed by atoms with Gasteiger partial charge in [0.05, 0.1) is 16.4 Å². The Bertz CT molecular complexity index is 482. The summed E-state index contributed by atoms with van der Waals surface area (Å²) in [6.45, 7) is 3.89. The van der Waals surface area contributed by atoms with Crippen molar-refractivity contribution in [2.45, 2.75) is 13.8 Å². The van der Waals surface area contributed by atoms with Crippen molar-refractivity contribution >= 4 is 17.4 Å². The minimum absolute atomic E-state index is 0.601. The van der Waals surface area contributed by atoms with Gasteiger partial charge in [0.2, 0.25) is 0 Å². The second kappa shape index (κ2) is 3.59. The van der Waals surface area contributed by atoms with Crippen LogP contribution in [0.1, 0.15) is 11.3 Å². The van der Waals surface area contributed by atoms with Gasteiger partial charge in [-0.05, 0) is 25.5 Å². The van der Waals surface area contributed by atoms with Crippen LogP contribution in [0, 0.1) is 13.8 Å². The summed E-state index contributed by atoms with van der Waals surface area (Å²) in [5.74, 6) is 0.601. The molecule has 78 valence electrons. The topological polar surface area (TPSA) is 43.8 Å². The maximum atomic E-state index is 6.13. The highest BCUT2D eigenvalue weighted by Crippen LogP contribution is 2.25. The van der Waals surface area contributed by atoms with Gasteiger partial charge in [-0.3, -0.25) is 0 Å². The Labute approximate surface area is 93.5 Å². The number of hydrogen-bond acceptors (Lipinski definition) is 2. The van der Waals surface area contributed by atoms with Gasteiger partial charge in [-0.25, -0.2) is 4.68 Å². The van der Waals surface area contributed by atoms with E-state index in [0.717, 1.165) is 16.9 Å². The third-order valence-electron chi connectivity index (χ3n) is 2.26. The summed E-state index contributed by atoms with van der Waals surface area (Å²) in [6, 6.07) is 7.55. The van der Waals surface area contributed by atoms with Crippen LogP contribution in [0.15, 0.2) is 24.3 Å². The van der Waals surface area contributed by atoms with E-state index in [0.29, 0.717) is 10.8 Å². The molecule has 3 nitrogen and oxygen atoms in total. The Morgan fingerprint density at radius 3 is 2.60 bits per heavy atom. The first kappa shape index (κ1) is 10.1. The molecule has 0 aliphatic heterocycles. The van der Waals surface area contributed by atoms with Crippen LogP contribution in [0.3, 0.4) is 0 Å². The molecule has 0 saturated carbocycles. The monoisotopic (exact) mass is 221 g/mol. The number of nitrogens with two attached hydrogens (primary N) is 1. The molecule has 0 fully saturated rings. The quantitative estimate of drug-likeness (QED) is 0.805. The van der Waals surface area contributed by atoms with Crippen molar-refractivity contribution in [2.75, 3.05) is 5.73 Å². The SMILES string of the molecule is Cc1cc(N)n(-c2c(C)cccc2Cl)n1. The molecule has 2 rings (SSSR count). The lowest BCUT2D eigenvalue weighted by atomic mass is 10.2. The van der Waals surface area contributed by atoms with E-state index in [-0.39, 0.29) is 0 Å². The predicted octanol–water partition coefficient (Wildman–Crippen LogP) is 2.72. The summed E-state index contributed by atoms with van der Waals surface area (Å²) in [7, 11) is 0. The summed E-state index contributed by atoms with van der Waals surface area (Å²) in [4.78, 5) is 0. The Kier molecular flexibility index (Phi) is 2.40. The number of benzene rings is 1. The van der Waals surface area contributed by atoms with Crippen LogP contribution < -0.4 is 5.73 Å². The molecule has 0 amide bonds. The molecule has 0 unspecified atom stereocenters. The third-order valence-corrected chi connectivity index (χ3v) is 2.56. The Morgan fingerprint density at radius 1 is 1.33 bits per heavy atom. The second-order valence-electron chi connectivity index (χ2n) is 3.53. The fraction of sp³-hybridized carbons (Fsp3) is 0.182. The first-order valence-corrected chi connectivity index (χ1v) is 5.05. The van der Waals surface area contributed by atoms with Crippen LogP contribution in [-0.4, -0.2) is 9.78 Å². The Balaban J connectivity index is 2.68. The van der Waals surface area contributed by atoms with Crippen LogP contribution in [0.25, 0.3) is 5.69 Å². The summed E-state index contributed by atoms with van der Waals surface area (Å²) < 4.78 is 1.67. The first-order valence-electron chi connectivity index (χ1n) is 4.67. The zero-order chi connectivity index (χ0) is 11.0. The lowest BCUT2D eigenvalue weighted by Crippen LogP contribution is -2.04. The summed E-state index contributed by atoms with van der Waals surface area (Å²) in [5, 5.41) is 4.97. The van der Waals surface area contributed by atoms with Crippen LogP contribution in [0.2, 0.25) is 5.02 Å². The Hall–Kier alpha value is -1.48. The molecule has 2 aromatic rings. The summed E-state index contributed by atoms with van der Waals surface area (Å²) >= 11 is 6.13. The van der Waals surface area contributed by atoms with E-state index in [4.69, 9.17) is 17.3 Å². The van der Waals surface area contributed by atoms with E-state index in [2.05, 4.69) is 5.10 Å². The lowest BCUT2D eigenvalue weighted by Gasteiger charge is -2.09. The van der Waals surface area contributed by atoms with E-state index in [1.54, 1.807) is 4.68 Å². The van der Waals surface area contributed by atoms with E-state index >= 15 is 0 Å². The highest BCUT2D eigenvalue weighted by atomic mass is 35.5. The van der Waals surface area contributed by atoms with Gasteiger partial charge in [0.1, 0.15) is 5.82 Å². The summed E-state index contributed by atoms with van der Waals surface area (Å²) in [6.07, 6.45) is 0. The van der Waals surface area contributed by atoms with Gasteiger partial charge in [0.25, 0.3) is 0 Å². The van der Waals surface area contributed by atoms with Crippen LogP contribution in [0.5, 0.6) is 0 Å². The maximum absolute atomic E-state index is 6.13. The molecule has 0 bridgehead atoms. The molecule has 4 heteroatoms. The summed E-state index contributed by atoms with van der Waals surface area (Å²) in [5.41, 5.74) is 8.64. The van der Waals surface area contributed by atoms with Crippen molar-refractivity contribution in [1.82, 2.24) is 9.78 Å².